The third-order valence-corrected chi connectivity index (χ3v) is 9.18. The zero-order valence-electron chi connectivity index (χ0n) is 27.7. The van der Waals surface area contributed by atoms with Crippen molar-refractivity contribution in [2.24, 2.45) is 16.8 Å². The van der Waals surface area contributed by atoms with Crippen LogP contribution in [0.3, 0.4) is 0 Å². The first-order valence-corrected chi connectivity index (χ1v) is 16.3. The van der Waals surface area contributed by atoms with Gasteiger partial charge in [0.25, 0.3) is 5.56 Å². The summed E-state index contributed by atoms with van der Waals surface area (Å²) in [6.07, 6.45) is 9.20. The van der Waals surface area contributed by atoms with E-state index in [9.17, 15) is 22.4 Å². The van der Waals surface area contributed by atoms with Gasteiger partial charge in [-0.25, -0.2) is 14.5 Å². The number of aliphatic hydroxyl groups excluding tert-OH is 1. The number of alkyl halides is 4. The van der Waals surface area contributed by atoms with Crippen LogP contribution in [-0.2, 0) is 12.6 Å². The smallest absolute Gasteiger partial charge is 0.422 e. The highest BCUT2D eigenvalue weighted by atomic mass is 19.4. The number of rotatable bonds is 10. The number of nitrogens with one attached hydrogen (secondary N) is 1. The highest BCUT2D eigenvalue weighted by Crippen LogP contribution is 2.42. The maximum absolute atomic E-state index is 14.2. The van der Waals surface area contributed by atoms with Crippen LogP contribution in [0.5, 0.6) is 0 Å². The highest BCUT2D eigenvalue weighted by Gasteiger charge is 2.43. The minimum absolute atomic E-state index is 0.0316. The molecule has 0 radical (unpaired) electrons. The van der Waals surface area contributed by atoms with Gasteiger partial charge in [0.15, 0.2) is 0 Å². The maximum atomic E-state index is 14.2. The average molecular weight is 638 g/mol. The van der Waals surface area contributed by atoms with Crippen molar-refractivity contribution in [1.82, 2.24) is 20.0 Å². The van der Waals surface area contributed by atoms with Crippen LogP contribution in [0, 0.1) is 11.8 Å². The van der Waals surface area contributed by atoms with E-state index >= 15 is 0 Å². The number of aromatic nitrogens is 2. The molecule has 11 heteroatoms. The van der Waals surface area contributed by atoms with Crippen LogP contribution in [-0.4, -0.2) is 63.2 Å². The van der Waals surface area contributed by atoms with Gasteiger partial charge in [0.2, 0.25) is 0 Å². The fraction of sp³-hybridized carbons (Fsp3) is 0.676. The summed E-state index contributed by atoms with van der Waals surface area (Å²) in [6, 6.07) is -0.209. The Hall–Kier alpha value is -2.95. The maximum Gasteiger partial charge on any atom is 0.422 e. The predicted molar refractivity (Wildman–Crippen MR) is 172 cm³/mol. The first-order valence-electron chi connectivity index (χ1n) is 16.3. The summed E-state index contributed by atoms with van der Waals surface area (Å²) in [6.45, 7) is 15.2. The highest BCUT2D eigenvalue weighted by molar-refractivity contribution is 5.82. The molecule has 0 saturated carbocycles. The zero-order chi connectivity index (χ0) is 33.4. The van der Waals surface area contributed by atoms with E-state index in [-0.39, 0.29) is 23.9 Å². The van der Waals surface area contributed by atoms with Crippen LogP contribution in [0.4, 0.5) is 17.6 Å². The lowest BCUT2D eigenvalue weighted by Gasteiger charge is -2.27. The SMILES string of the molecule is CC(=CO)C1CCN(C2CCc3c2n[nH]c(=O)c3C(F)(F)F)C1.CCCN(CCC(C)CC)/C1=C/CCC=C(C(C)(C)F)C=N1. The number of aliphatic imine (C=N–C) groups is 1. The number of hydrogen-bond donors (Lipinski definition) is 2. The Morgan fingerprint density at radius 1 is 1.18 bits per heavy atom. The summed E-state index contributed by atoms with van der Waals surface area (Å²) >= 11 is 0. The van der Waals surface area contributed by atoms with Gasteiger partial charge in [-0.1, -0.05) is 33.3 Å². The molecule has 0 aromatic carbocycles. The molecule has 3 unspecified atom stereocenters. The second-order valence-electron chi connectivity index (χ2n) is 13.0. The van der Waals surface area contributed by atoms with Crippen LogP contribution in [0.15, 0.2) is 45.2 Å². The number of H-pyrrole nitrogens is 1. The van der Waals surface area contributed by atoms with E-state index in [2.05, 4.69) is 46.7 Å². The first kappa shape index (κ1) is 36.5. The predicted octanol–water partition coefficient (Wildman–Crippen LogP) is 8.07. The zero-order valence-corrected chi connectivity index (χ0v) is 27.7. The van der Waals surface area contributed by atoms with Crippen LogP contribution in [0.2, 0.25) is 0 Å². The van der Waals surface area contributed by atoms with E-state index < -0.39 is 23.0 Å². The Morgan fingerprint density at radius 2 is 1.89 bits per heavy atom. The standard InChI is InChI=1S/C19H33FN2.C15H18F3N3O2/c1-6-13-22(14-12-16(3)7-2)18-11-9-8-10-17(15-21-18)19(4,5)20;1-8(7-22)9-4-5-21(6-9)11-3-2-10-12(15(16,17)18)14(23)20-19-13(10)11/h10-11,15-16H,6-9,12-14H2,1-5H3;7,9,11,22H,2-6H2,1H3,(H,20,23)/b17-10?,18-11+,21-15?;. The van der Waals surface area contributed by atoms with Gasteiger partial charge in [-0.15, -0.1) is 0 Å². The number of allylic oxidation sites excluding steroid dienone is 3. The molecule has 1 aromatic heterocycles. The Balaban J connectivity index is 0.000000246. The monoisotopic (exact) mass is 637 g/mol. The summed E-state index contributed by atoms with van der Waals surface area (Å²) in [5, 5.41) is 15.0. The first-order chi connectivity index (χ1) is 21.2. The largest absolute Gasteiger partial charge is 0.516 e. The molecule has 1 aliphatic carbocycles. The molecule has 0 bridgehead atoms. The Bertz CT molecular complexity index is 1310. The lowest BCUT2D eigenvalue weighted by molar-refractivity contribution is -0.139. The number of likely N-dealkylation sites (tertiary alicyclic amines) is 1. The molecule has 3 heterocycles. The van der Waals surface area contributed by atoms with Gasteiger partial charge in [0.1, 0.15) is 17.1 Å². The van der Waals surface area contributed by atoms with E-state index in [1.165, 1.54) is 12.8 Å². The van der Waals surface area contributed by atoms with Crippen LogP contribution in [0.25, 0.3) is 0 Å². The minimum Gasteiger partial charge on any atom is -0.516 e. The molecular formula is C34H51F4N5O2. The van der Waals surface area contributed by atoms with Gasteiger partial charge in [-0.3, -0.25) is 9.69 Å². The van der Waals surface area contributed by atoms with E-state index in [0.29, 0.717) is 24.2 Å². The topological polar surface area (TPSA) is 84.8 Å². The van der Waals surface area contributed by atoms with E-state index in [1.807, 2.05) is 18.1 Å². The quantitative estimate of drug-likeness (QED) is 0.200. The van der Waals surface area contributed by atoms with Crippen molar-refractivity contribution in [1.29, 1.82) is 0 Å². The molecule has 252 valence electrons. The van der Waals surface area contributed by atoms with Gasteiger partial charge in [-0.05, 0) is 101 Å². The van der Waals surface area contributed by atoms with Crippen LogP contribution < -0.4 is 5.56 Å². The molecule has 0 amide bonds. The lowest BCUT2D eigenvalue weighted by atomic mass is 9.99. The fourth-order valence-corrected chi connectivity index (χ4v) is 6.14. The average Bonchev–Trinajstić information content (AvgIpc) is 3.61. The van der Waals surface area contributed by atoms with Crippen LogP contribution >= 0.6 is 0 Å². The number of aliphatic hydroxyl groups is 1. The third kappa shape index (κ3) is 9.77. The van der Waals surface area contributed by atoms with Crippen molar-refractivity contribution >= 4 is 6.21 Å². The van der Waals surface area contributed by atoms with Crippen LogP contribution in [0.1, 0.15) is 109 Å². The number of fused-ring (bicyclic) bond motifs is 1. The number of hydrogen-bond acceptors (Lipinski definition) is 6. The molecule has 2 N–H and O–H groups in total. The summed E-state index contributed by atoms with van der Waals surface area (Å²) < 4.78 is 53.5. The van der Waals surface area contributed by atoms with Crippen molar-refractivity contribution in [2.45, 2.75) is 111 Å². The van der Waals surface area contributed by atoms with Crippen molar-refractivity contribution in [3.8, 4) is 0 Å². The molecule has 1 saturated heterocycles. The summed E-state index contributed by atoms with van der Waals surface area (Å²) in [4.78, 5) is 20.6. The number of aromatic amines is 1. The van der Waals surface area contributed by atoms with Crippen molar-refractivity contribution in [3.63, 3.8) is 0 Å². The van der Waals surface area contributed by atoms with Crippen molar-refractivity contribution in [2.75, 3.05) is 26.2 Å². The van der Waals surface area contributed by atoms with Gasteiger partial charge >= 0.3 is 6.18 Å². The van der Waals surface area contributed by atoms with Gasteiger partial charge in [0, 0.05) is 31.4 Å². The molecule has 3 aliphatic rings. The lowest BCUT2D eigenvalue weighted by Crippen LogP contribution is -2.29. The minimum atomic E-state index is -4.67. The fourth-order valence-electron chi connectivity index (χ4n) is 6.14. The molecule has 0 spiro atoms. The van der Waals surface area contributed by atoms with E-state index in [1.54, 1.807) is 20.1 Å². The van der Waals surface area contributed by atoms with E-state index in [4.69, 9.17) is 5.11 Å². The second-order valence-corrected chi connectivity index (χ2v) is 13.0. The molecular weight excluding hydrogens is 586 g/mol. The summed E-state index contributed by atoms with van der Waals surface area (Å²) in [5.41, 5.74) is -1.67. The molecule has 1 aromatic rings. The number of nitrogens with zero attached hydrogens (tertiary/aromatic N) is 4. The van der Waals surface area contributed by atoms with E-state index in [0.717, 1.165) is 68.9 Å². The number of halogens is 4. The molecule has 45 heavy (non-hydrogen) atoms. The summed E-state index contributed by atoms with van der Waals surface area (Å²) in [7, 11) is 0. The Kier molecular flexibility index (Phi) is 13.0. The Morgan fingerprint density at radius 3 is 2.51 bits per heavy atom. The normalized spacial score (nSPS) is 22.8. The third-order valence-electron chi connectivity index (χ3n) is 9.18. The second kappa shape index (κ2) is 16.1. The van der Waals surface area contributed by atoms with Gasteiger partial charge < -0.3 is 10.0 Å². The molecule has 4 rings (SSSR count). The van der Waals surface area contributed by atoms with Crippen molar-refractivity contribution in [3.05, 3.63) is 62.6 Å². The molecule has 1 fully saturated rings. The molecule has 2 aliphatic heterocycles. The molecule has 7 nitrogen and oxygen atoms in total. The van der Waals surface area contributed by atoms with Gasteiger partial charge in [-0.2, -0.15) is 18.3 Å². The van der Waals surface area contributed by atoms with Gasteiger partial charge in [0.05, 0.1) is 18.0 Å². The molecule has 3 atom stereocenters. The Labute approximate surface area is 265 Å². The van der Waals surface area contributed by atoms with Crippen molar-refractivity contribution < 1.29 is 22.7 Å². The summed E-state index contributed by atoms with van der Waals surface area (Å²) in [5.74, 6) is 1.95.